The van der Waals surface area contributed by atoms with Crippen LogP contribution in [0.15, 0.2) is 12.2 Å². The molecule has 0 spiro atoms. The van der Waals surface area contributed by atoms with Gasteiger partial charge in [0, 0.05) is 13.0 Å². The number of hydrogen-bond donors (Lipinski definition) is 2. The Hall–Kier alpha value is -0.830. The summed E-state index contributed by atoms with van der Waals surface area (Å²) >= 11 is 0. The molecule has 21 heavy (non-hydrogen) atoms. The van der Waals surface area contributed by atoms with E-state index in [1.165, 1.54) is 51.4 Å². The number of allylic oxidation sites excluding steroid dienone is 2. The Labute approximate surface area is 131 Å². The zero-order chi connectivity index (χ0) is 15.6. The maximum Gasteiger partial charge on any atom is 0.219 e. The number of carbonyl (C=O) groups excluding carboxylic acids is 1. The van der Waals surface area contributed by atoms with Gasteiger partial charge >= 0.3 is 0 Å². The molecule has 0 saturated heterocycles. The van der Waals surface area contributed by atoms with E-state index in [0.29, 0.717) is 13.0 Å². The van der Waals surface area contributed by atoms with Crippen LogP contribution >= 0.6 is 0 Å². The van der Waals surface area contributed by atoms with Crippen LogP contribution in [0.4, 0.5) is 0 Å². The van der Waals surface area contributed by atoms with E-state index in [4.69, 9.17) is 5.73 Å². The first kappa shape index (κ1) is 20.2. The highest BCUT2D eigenvalue weighted by atomic mass is 16.1. The molecule has 0 aliphatic heterocycles. The van der Waals surface area contributed by atoms with Crippen molar-refractivity contribution in [1.82, 2.24) is 5.32 Å². The summed E-state index contributed by atoms with van der Waals surface area (Å²) in [4.78, 5) is 11.5. The van der Waals surface area contributed by atoms with E-state index in [9.17, 15) is 4.79 Å². The molecule has 1 amide bonds. The van der Waals surface area contributed by atoms with Gasteiger partial charge in [-0.2, -0.15) is 0 Å². The Morgan fingerprint density at radius 3 is 2.29 bits per heavy atom. The molecule has 0 radical (unpaired) electrons. The number of hydrogen-bond acceptors (Lipinski definition) is 2. The Morgan fingerprint density at radius 2 is 1.57 bits per heavy atom. The summed E-state index contributed by atoms with van der Waals surface area (Å²) in [5.41, 5.74) is 5.41. The first-order chi connectivity index (χ1) is 10.3. The van der Waals surface area contributed by atoms with Crippen LogP contribution in [0.25, 0.3) is 0 Å². The first-order valence-electron chi connectivity index (χ1n) is 8.93. The highest BCUT2D eigenvalue weighted by Gasteiger charge is 1.99. The quantitative estimate of drug-likeness (QED) is 0.349. The van der Waals surface area contributed by atoms with E-state index in [0.717, 1.165) is 25.8 Å². The summed E-state index contributed by atoms with van der Waals surface area (Å²) in [6.45, 7) is 3.72. The summed E-state index contributed by atoms with van der Waals surface area (Å²) in [5, 5.41) is 2.95. The van der Waals surface area contributed by atoms with Crippen LogP contribution in [-0.2, 0) is 4.79 Å². The monoisotopic (exact) mass is 296 g/mol. The second kappa shape index (κ2) is 17.2. The van der Waals surface area contributed by atoms with Crippen molar-refractivity contribution in [3.05, 3.63) is 12.2 Å². The largest absolute Gasteiger partial charge is 0.356 e. The third-order valence-electron chi connectivity index (χ3n) is 3.62. The fourth-order valence-corrected chi connectivity index (χ4v) is 2.22. The number of amides is 1. The number of carbonyl (C=O) groups is 1. The number of rotatable bonds is 15. The molecule has 124 valence electrons. The lowest BCUT2D eigenvalue weighted by Gasteiger charge is -2.04. The van der Waals surface area contributed by atoms with Crippen molar-refractivity contribution in [2.75, 3.05) is 13.1 Å². The van der Waals surface area contributed by atoms with E-state index in [1.54, 1.807) is 0 Å². The first-order valence-corrected chi connectivity index (χ1v) is 8.93. The van der Waals surface area contributed by atoms with Crippen LogP contribution in [0.3, 0.4) is 0 Å². The van der Waals surface area contributed by atoms with Crippen LogP contribution in [0.1, 0.15) is 84.0 Å². The predicted molar refractivity (Wildman–Crippen MR) is 92.3 cm³/mol. The Morgan fingerprint density at radius 1 is 0.905 bits per heavy atom. The molecule has 3 nitrogen and oxygen atoms in total. The van der Waals surface area contributed by atoms with Crippen molar-refractivity contribution in [3.8, 4) is 0 Å². The van der Waals surface area contributed by atoms with Crippen LogP contribution < -0.4 is 11.1 Å². The lowest BCUT2D eigenvalue weighted by Crippen LogP contribution is -2.24. The van der Waals surface area contributed by atoms with E-state index in [2.05, 4.69) is 24.4 Å². The zero-order valence-corrected chi connectivity index (χ0v) is 14.0. The van der Waals surface area contributed by atoms with Crippen LogP contribution in [0, 0.1) is 0 Å². The molecule has 0 aliphatic carbocycles. The van der Waals surface area contributed by atoms with Crippen LogP contribution in [0.2, 0.25) is 0 Å². The van der Waals surface area contributed by atoms with Crippen molar-refractivity contribution in [2.45, 2.75) is 84.0 Å². The van der Waals surface area contributed by atoms with E-state index < -0.39 is 0 Å². The summed E-state index contributed by atoms with van der Waals surface area (Å²) in [7, 11) is 0. The molecule has 3 N–H and O–H groups in total. The van der Waals surface area contributed by atoms with E-state index in [1.807, 2.05) is 0 Å². The van der Waals surface area contributed by atoms with Gasteiger partial charge in [0.2, 0.25) is 5.91 Å². The summed E-state index contributed by atoms with van der Waals surface area (Å²) in [6, 6.07) is 0. The smallest absolute Gasteiger partial charge is 0.219 e. The topological polar surface area (TPSA) is 55.1 Å². The second-order valence-corrected chi connectivity index (χ2v) is 5.77. The molecule has 0 aromatic rings. The van der Waals surface area contributed by atoms with Gasteiger partial charge in [-0.15, -0.1) is 0 Å². The third-order valence-corrected chi connectivity index (χ3v) is 3.62. The van der Waals surface area contributed by atoms with Gasteiger partial charge in [-0.25, -0.2) is 0 Å². The molecule has 0 bridgehead atoms. The van der Waals surface area contributed by atoms with Gasteiger partial charge in [-0.1, -0.05) is 51.2 Å². The minimum absolute atomic E-state index is 0.200. The number of nitrogens with one attached hydrogen (secondary N) is 1. The molecule has 3 heteroatoms. The van der Waals surface area contributed by atoms with Crippen molar-refractivity contribution in [2.24, 2.45) is 5.73 Å². The zero-order valence-electron chi connectivity index (χ0n) is 14.0. The van der Waals surface area contributed by atoms with Gasteiger partial charge < -0.3 is 11.1 Å². The highest BCUT2D eigenvalue weighted by Crippen LogP contribution is 2.08. The molecule has 0 atom stereocenters. The average Bonchev–Trinajstić information content (AvgIpc) is 2.49. The maximum absolute atomic E-state index is 11.5. The standard InChI is InChI=1S/C18H36N2O/c1-2-3-4-5-6-7-8-9-10-11-12-15-18(21)20-17-14-13-16-19/h5-6H,2-4,7-17,19H2,1H3,(H,20,21)/b6-5-. The molecular formula is C18H36N2O. The molecule has 0 aromatic carbocycles. The van der Waals surface area contributed by atoms with Crippen molar-refractivity contribution >= 4 is 5.91 Å². The lowest BCUT2D eigenvalue weighted by atomic mass is 10.1. The lowest BCUT2D eigenvalue weighted by molar-refractivity contribution is -0.121. The summed E-state index contributed by atoms with van der Waals surface area (Å²) in [5.74, 6) is 0.200. The molecule has 0 saturated carbocycles. The minimum Gasteiger partial charge on any atom is -0.356 e. The molecule has 0 heterocycles. The highest BCUT2D eigenvalue weighted by molar-refractivity contribution is 5.75. The summed E-state index contributed by atoms with van der Waals surface area (Å²) < 4.78 is 0. The minimum atomic E-state index is 0.200. The van der Waals surface area contributed by atoms with Crippen LogP contribution in [-0.4, -0.2) is 19.0 Å². The van der Waals surface area contributed by atoms with Gasteiger partial charge in [-0.3, -0.25) is 4.79 Å². The Bertz CT molecular complexity index is 252. The molecule has 0 rings (SSSR count). The van der Waals surface area contributed by atoms with Gasteiger partial charge in [0.15, 0.2) is 0 Å². The normalized spacial score (nSPS) is 11.1. The van der Waals surface area contributed by atoms with Crippen molar-refractivity contribution < 1.29 is 4.79 Å². The summed E-state index contributed by atoms with van der Waals surface area (Å²) in [6.07, 6.45) is 18.4. The van der Waals surface area contributed by atoms with Gasteiger partial charge in [0.25, 0.3) is 0 Å². The third kappa shape index (κ3) is 17.1. The molecule has 0 aliphatic rings. The Kier molecular flexibility index (Phi) is 16.5. The fraction of sp³-hybridized carbons (Fsp3) is 0.833. The van der Waals surface area contributed by atoms with E-state index in [-0.39, 0.29) is 5.91 Å². The second-order valence-electron chi connectivity index (χ2n) is 5.77. The van der Waals surface area contributed by atoms with Crippen molar-refractivity contribution in [3.63, 3.8) is 0 Å². The van der Waals surface area contributed by atoms with Crippen molar-refractivity contribution in [1.29, 1.82) is 0 Å². The van der Waals surface area contributed by atoms with Gasteiger partial charge in [0.1, 0.15) is 0 Å². The number of nitrogens with two attached hydrogens (primary N) is 1. The fourth-order valence-electron chi connectivity index (χ4n) is 2.22. The van der Waals surface area contributed by atoms with Gasteiger partial charge in [-0.05, 0) is 45.1 Å². The molecule has 0 aromatic heterocycles. The van der Waals surface area contributed by atoms with Gasteiger partial charge in [0.05, 0.1) is 0 Å². The maximum atomic E-state index is 11.5. The molecular weight excluding hydrogens is 260 g/mol. The molecule has 0 unspecified atom stereocenters. The van der Waals surface area contributed by atoms with E-state index >= 15 is 0 Å². The number of unbranched alkanes of at least 4 members (excludes halogenated alkanes) is 8. The van der Waals surface area contributed by atoms with Crippen LogP contribution in [0.5, 0.6) is 0 Å². The average molecular weight is 296 g/mol. The predicted octanol–water partition coefficient (Wildman–Crippen LogP) is 4.32. The Balaban J connectivity index is 3.17. The SMILES string of the molecule is CCCC/C=C\CCCCCCCC(=O)NCCCCN. The molecule has 0 fully saturated rings.